The molecular formula is C27H36N4O5S2. The van der Waals surface area contributed by atoms with Crippen LogP contribution in [0.3, 0.4) is 0 Å². The molecule has 1 amide bonds. The number of methoxy groups -OCH3 is 2. The lowest BCUT2D eigenvalue weighted by Crippen LogP contribution is -2.46. The second kappa shape index (κ2) is 12.4. The van der Waals surface area contributed by atoms with Crippen LogP contribution in [0.15, 0.2) is 47.4 Å². The van der Waals surface area contributed by atoms with E-state index in [0.717, 1.165) is 35.6 Å². The van der Waals surface area contributed by atoms with E-state index < -0.39 is 10.0 Å². The molecule has 1 aliphatic heterocycles. The Morgan fingerprint density at radius 3 is 2.24 bits per heavy atom. The number of aromatic nitrogens is 1. The first kappa shape index (κ1) is 28.3. The molecule has 0 unspecified atom stereocenters. The third-order valence-electron chi connectivity index (χ3n) is 7.12. The molecule has 0 bridgehead atoms. The Kier molecular flexibility index (Phi) is 9.24. The first-order valence-corrected chi connectivity index (χ1v) is 15.2. The van der Waals surface area contributed by atoms with E-state index in [1.807, 2.05) is 18.2 Å². The summed E-state index contributed by atoms with van der Waals surface area (Å²) in [6, 6.07) is 12.1. The molecule has 206 valence electrons. The molecule has 1 aromatic heterocycles. The van der Waals surface area contributed by atoms with Gasteiger partial charge in [-0.2, -0.15) is 4.31 Å². The second-order valence-corrected chi connectivity index (χ2v) is 12.1. The highest BCUT2D eigenvalue weighted by molar-refractivity contribution is 7.89. The third kappa shape index (κ3) is 6.12. The van der Waals surface area contributed by atoms with Gasteiger partial charge in [-0.1, -0.05) is 25.2 Å². The van der Waals surface area contributed by atoms with Crippen LogP contribution in [0.5, 0.6) is 11.5 Å². The van der Waals surface area contributed by atoms with Crippen molar-refractivity contribution in [1.82, 2.24) is 14.2 Å². The first-order chi connectivity index (χ1) is 18.3. The van der Waals surface area contributed by atoms with Crippen molar-refractivity contribution in [3.8, 4) is 11.5 Å². The zero-order valence-electron chi connectivity index (χ0n) is 22.4. The lowest BCUT2D eigenvalue weighted by molar-refractivity contribution is -0.123. The maximum absolute atomic E-state index is 13.9. The average molecular weight is 561 g/mol. The molecule has 0 radical (unpaired) electrons. The van der Waals surface area contributed by atoms with Gasteiger partial charge >= 0.3 is 0 Å². The number of thiazole rings is 1. The monoisotopic (exact) mass is 560 g/mol. The Hall–Kier alpha value is -2.73. The smallest absolute Gasteiger partial charge is 0.243 e. The topological polar surface area (TPSA) is 92.3 Å². The summed E-state index contributed by atoms with van der Waals surface area (Å²) in [6.45, 7) is 7.88. The van der Waals surface area contributed by atoms with Gasteiger partial charge in [-0.3, -0.25) is 9.69 Å². The molecule has 0 saturated carbocycles. The van der Waals surface area contributed by atoms with Crippen molar-refractivity contribution in [2.75, 3.05) is 58.4 Å². The van der Waals surface area contributed by atoms with E-state index in [9.17, 15) is 13.2 Å². The van der Waals surface area contributed by atoms with Gasteiger partial charge in [-0.05, 0) is 68.4 Å². The molecule has 9 nitrogen and oxygen atoms in total. The molecule has 1 fully saturated rings. The molecule has 2 aromatic carbocycles. The molecule has 0 N–H and O–H groups in total. The van der Waals surface area contributed by atoms with Gasteiger partial charge in [0.25, 0.3) is 0 Å². The fraction of sp³-hybridized carbons (Fsp3) is 0.481. The van der Waals surface area contributed by atoms with Crippen LogP contribution in [0, 0.1) is 5.92 Å². The number of piperidine rings is 1. The molecule has 4 rings (SSSR count). The third-order valence-corrected chi connectivity index (χ3v) is 10.1. The van der Waals surface area contributed by atoms with E-state index in [1.54, 1.807) is 43.4 Å². The van der Waals surface area contributed by atoms with Crippen LogP contribution in [-0.4, -0.2) is 82.0 Å². The van der Waals surface area contributed by atoms with E-state index in [1.165, 1.54) is 15.6 Å². The number of amides is 1. The number of carbonyl (C=O) groups excluding carboxylic acids is 1. The standard InChI is InChI=1S/C27H36N4O5S2/c1-5-29(6-2)17-18-31(27-28-24-12-9-22(36-4)19-25(24)37-27)26(32)20-13-15-30(16-14-20)38(33,34)23-10-7-21(35-3)8-11-23/h7-12,19-20H,5-6,13-18H2,1-4H3. The van der Waals surface area contributed by atoms with Crippen LogP contribution in [0.2, 0.25) is 0 Å². The number of carbonyl (C=O) groups is 1. The van der Waals surface area contributed by atoms with Crippen molar-refractivity contribution >= 4 is 42.6 Å². The van der Waals surface area contributed by atoms with Crippen LogP contribution in [-0.2, 0) is 14.8 Å². The summed E-state index contributed by atoms with van der Waals surface area (Å²) in [5.41, 5.74) is 0.826. The van der Waals surface area contributed by atoms with E-state index in [4.69, 9.17) is 14.5 Å². The summed E-state index contributed by atoms with van der Waals surface area (Å²) < 4.78 is 39.3. The Bertz CT molecular complexity index is 1330. The summed E-state index contributed by atoms with van der Waals surface area (Å²) in [6.07, 6.45) is 0.934. The van der Waals surface area contributed by atoms with Crippen molar-refractivity contribution in [1.29, 1.82) is 0 Å². The van der Waals surface area contributed by atoms with Gasteiger partial charge in [-0.25, -0.2) is 13.4 Å². The van der Waals surface area contributed by atoms with E-state index in [0.29, 0.717) is 43.4 Å². The fourth-order valence-electron chi connectivity index (χ4n) is 4.68. The van der Waals surface area contributed by atoms with Gasteiger partial charge < -0.3 is 14.4 Å². The van der Waals surface area contributed by atoms with Crippen LogP contribution < -0.4 is 14.4 Å². The van der Waals surface area contributed by atoms with Gasteiger partial charge in [0.2, 0.25) is 15.9 Å². The van der Waals surface area contributed by atoms with Gasteiger partial charge in [0.15, 0.2) is 5.13 Å². The van der Waals surface area contributed by atoms with Crippen molar-refractivity contribution < 1.29 is 22.7 Å². The predicted octanol–water partition coefficient (Wildman–Crippen LogP) is 4.09. The molecule has 3 aromatic rings. The Morgan fingerprint density at radius 1 is 1.00 bits per heavy atom. The predicted molar refractivity (Wildman–Crippen MR) is 151 cm³/mol. The number of fused-ring (bicyclic) bond motifs is 1. The quantitative estimate of drug-likeness (QED) is 0.349. The van der Waals surface area contributed by atoms with Crippen LogP contribution >= 0.6 is 11.3 Å². The highest BCUT2D eigenvalue weighted by atomic mass is 32.2. The highest BCUT2D eigenvalue weighted by Crippen LogP contribution is 2.34. The zero-order chi connectivity index (χ0) is 27.3. The molecule has 0 spiro atoms. The summed E-state index contributed by atoms with van der Waals surface area (Å²) in [4.78, 5) is 22.9. The van der Waals surface area contributed by atoms with Crippen molar-refractivity contribution in [2.45, 2.75) is 31.6 Å². The molecule has 1 aliphatic rings. The Morgan fingerprint density at radius 2 is 1.63 bits per heavy atom. The largest absolute Gasteiger partial charge is 0.497 e. The van der Waals surface area contributed by atoms with Gasteiger partial charge in [0, 0.05) is 32.1 Å². The molecule has 2 heterocycles. The summed E-state index contributed by atoms with van der Waals surface area (Å²) in [5, 5.41) is 0.665. The summed E-state index contributed by atoms with van der Waals surface area (Å²) in [7, 11) is -0.464. The van der Waals surface area contributed by atoms with Crippen molar-refractivity contribution in [3.05, 3.63) is 42.5 Å². The Labute approximate surface area is 229 Å². The zero-order valence-corrected chi connectivity index (χ0v) is 24.1. The van der Waals surface area contributed by atoms with E-state index in [-0.39, 0.29) is 16.7 Å². The van der Waals surface area contributed by atoms with Gasteiger partial charge in [0.05, 0.1) is 29.3 Å². The highest BCUT2D eigenvalue weighted by Gasteiger charge is 2.35. The first-order valence-electron chi connectivity index (χ1n) is 12.9. The van der Waals surface area contributed by atoms with Gasteiger partial charge in [-0.15, -0.1) is 0 Å². The lowest BCUT2D eigenvalue weighted by Gasteiger charge is -2.33. The molecule has 11 heteroatoms. The molecule has 0 aliphatic carbocycles. The number of likely N-dealkylation sites (N-methyl/N-ethyl adjacent to an activating group) is 1. The minimum absolute atomic E-state index is 0.00433. The molecule has 0 atom stereocenters. The number of ether oxygens (including phenoxy) is 2. The number of anilines is 1. The average Bonchev–Trinajstić information content (AvgIpc) is 3.38. The number of nitrogens with zero attached hydrogens (tertiary/aromatic N) is 4. The maximum atomic E-state index is 13.9. The van der Waals surface area contributed by atoms with E-state index in [2.05, 4.69) is 18.7 Å². The van der Waals surface area contributed by atoms with Crippen LogP contribution in [0.4, 0.5) is 5.13 Å². The maximum Gasteiger partial charge on any atom is 0.243 e. The number of benzene rings is 2. The summed E-state index contributed by atoms with van der Waals surface area (Å²) >= 11 is 1.48. The van der Waals surface area contributed by atoms with Crippen molar-refractivity contribution in [3.63, 3.8) is 0 Å². The summed E-state index contributed by atoms with van der Waals surface area (Å²) in [5.74, 6) is 1.09. The normalized spacial score (nSPS) is 15.2. The SMILES string of the molecule is CCN(CC)CCN(C(=O)C1CCN(S(=O)(=O)c2ccc(OC)cc2)CC1)c1nc2ccc(OC)cc2s1. The van der Waals surface area contributed by atoms with Crippen molar-refractivity contribution in [2.24, 2.45) is 5.92 Å². The number of rotatable bonds is 11. The molecular weight excluding hydrogens is 524 g/mol. The fourth-order valence-corrected chi connectivity index (χ4v) is 7.17. The second-order valence-electron chi connectivity index (χ2n) is 9.20. The molecule has 1 saturated heterocycles. The minimum atomic E-state index is -3.64. The number of hydrogen-bond donors (Lipinski definition) is 0. The number of sulfonamides is 1. The lowest BCUT2D eigenvalue weighted by atomic mass is 9.96. The minimum Gasteiger partial charge on any atom is -0.497 e. The van der Waals surface area contributed by atoms with E-state index >= 15 is 0 Å². The number of hydrogen-bond acceptors (Lipinski definition) is 8. The Balaban J connectivity index is 1.51. The molecule has 38 heavy (non-hydrogen) atoms. The van der Waals surface area contributed by atoms with Gasteiger partial charge in [0.1, 0.15) is 11.5 Å². The van der Waals surface area contributed by atoms with Crippen LogP contribution in [0.25, 0.3) is 10.2 Å². The van der Waals surface area contributed by atoms with Crippen LogP contribution in [0.1, 0.15) is 26.7 Å².